The van der Waals surface area contributed by atoms with Crippen molar-refractivity contribution in [1.82, 2.24) is 4.90 Å². The molecule has 0 saturated carbocycles. The van der Waals surface area contributed by atoms with E-state index in [1.54, 1.807) is 20.3 Å². The molecule has 1 aromatic rings. The number of carboxylic acid groups (broad SMARTS) is 1. The fourth-order valence-corrected chi connectivity index (χ4v) is 2.97. The van der Waals surface area contributed by atoms with Gasteiger partial charge in [-0.15, -0.1) is 0 Å². The number of aliphatic carboxylic acids is 1. The van der Waals surface area contributed by atoms with E-state index in [0.29, 0.717) is 17.1 Å². The van der Waals surface area contributed by atoms with E-state index in [4.69, 9.17) is 9.47 Å². The van der Waals surface area contributed by atoms with Crippen molar-refractivity contribution in [3.63, 3.8) is 0 Å². The van der Waals surface area contributed by atoms with Gasteiger partial charge in [0.2, 0.25) is 0 Å². The van der Waals surface area contributed by atoms with Crippen LogP contribution in [0.4, 0.5) is 0 Å². The highest BCUT2D eigenvalue weighted by atomic mass is 16.5. The average Bonchev–Trinajstić information content (AvgIpc) is 2.76. The van der Waals surface area contributed by atoms with Gasteiger partial charge in [-0.2, -0.15) is 0 Å². The zero-order valence-corrected chi connectivity index (χ0v) is 12.7. The lowest BCUT2D eigenvalue weighted by atomic mass is 10.0. The second-order valence-electron chi connectivity index (χ2n) is 5.27. The topological polar surface area (TPSA) is 59.0 Å². The normalized spacial score (nSPS) is 17.8. The molecule has 2 rings (SSSR count). The minimum atomic E-state index is -0.844. The number of hydrogen-bond acceptors (Lipinski definition) is 4. The Bertz CT molecular complexity index is 481. The minimum Gasteiger partial charge on any atom is -0.493 e. The molecule has 0 amide bonds. The molecule has 1 saturated heterocycles. The van der Waals surface area contributed by atoms with Gasteiger partial charge in [0, 0.05) is 5.56 Å². The van der Waals surface area contributed by atoms with Crippen LogP contribution in [0.2, 0.25) is 0 Å². The zero-order valence-electron chi connectivity index (χ0n) is 12.7. The lowest BCUT2D eigenvalue weighted by molar-refractivity contribution is -0.143. The molecular formula is C16H23NO4. The summed E-state index contributed by atoms with van der Waals surface area (Å²) in [5, 5.41) is 9.72. The van der Waals surface area contributed by atoms with Crippen LogP contribution in [-0.4, -0.2) is 43.3 Å². The van der Waals surface area contributed by atoms with E-state index in [2.05, 4.69) is 0 Å². The smallest absolute Gasteiger partial charge is 0.325 e. The molecule has 0 bridgehead atoms. The first-order valence-corrected chi connectivity index (χ1v) is 7.36. The van der Waals surface area contributed by atoms with Gasteiger partial charge >= 0.3 is 5.97 Å². The Morgan fingerprint density at radius 1 is 1.14 bits per heavy atom. The predicted octanol–water partition coefficient (Wildman–Crippen LogP) is 2.71. The fraction of sp³-hybridized carbons (Fsp3) is 0.562. The summed E-state index contributed by atoms with van der Waals surface area (Å²) in [6, 6.07) is 4.72. The van der Waals surface area contributed by atoms with Crippen LogP contribution in [0.15, 0.2) is 18.2 Å². The number of carboxylic acids is 1. The summed E-state index contributed by atoms with van der Waals surface area (Å²) in [6.07, 6.45) is 4.41. The summed E-state index contributed by atoms with van der Waals surface area (Å²) in [5.41, 5.74) is 0.659. The van der Waals surface area contributed by atoms with Gasteiger partial charge < -0.3 is 14.6 Å². The molecule has 0 spiro atoms. The maximum absolute atomic E-state index is 11.8. The van der Waals surface area contributed by atoms with Crippen LogP contribution in [0.1, 0.15) is 37.3 Å². The molecule has 21 heavy (non-hydrogen) atoms. The molecule has 5 heteroatoms. The van der Waals surface area contributed by atoms with E-state index in [1.807, 2.05) is 17.0 Å². The SMILES string of the molecule is COc1cccc(C(C(=O)O)N2CCCCCC2)c1OC. The van der Waals surface area contributed by atoms with Crippen molar-refractivity contribution >= 4 is 5.97 Å². The molecule has 1 N–H and O–H groups in total. The van der Waals surface area contributed by atoms with Crippen LogP contribution in [0.3, 0.4) is 0 Å². The predicted molar refractivity (Wildman–Crippen MR) is 80.0 cm³/mol. The average molecular weight is 293 g/mol. The summed E-state index contributed by atoms with van der Waals surface area (Å²) in [7, 11) is 3.10. The maximum Gasteiger partial charge on any atom is 0.325 e. The lowest BCUT2D eigenvalue weighted by Crippen LogP contribution is -2.35. The molecule has 1 unspecified atom stereocenters. The lowest BCUT2D eigenvalue weighted by Gasteiger charge is -2.29. The zero-order chi connectivity index (χ0) is 15.2. The number of hydrogen-bond donors (Lipinski definition) is 1. The van der Waals surface area contributed by atoms with Crippen molar-refractivity contribution in [2.45, 2.75) is 31.7 Å². The van der Waals surface area contributed by atoms with Crippen molar-refractivity contribution in [3.05, 3.63) is 23.8 Å². The van der Waals surface area contributed by atoms with Gasteiger partial charge in [-0.3, -0.25) is 9.69 Å². The van der Waals surface area contributed by atoms with Gasteiger partial charge in [-0.1, -0.05) is 25.0 Å². The van der Waals surface area contributed by atoms with Crippen LogP contribution < -0.4 is 9.47 Å². The molecular weight excluding hydrogens is 270 g/mol. The third-order valence-corrected chi connectivity index (χ3v) is 3.97. The third kappa shape index (κ3) is 3.47. The molecule has 1 atom stereocenters. The first-order chi connectivity index (χ1) is 10.2. The molecule has 0 radical (unpaired) electrons. The molecule has 5 nitrogen and oxygen atoms in total. The number of likely N-dealkylation sites (tertiary alicyclic amines) is 1. The Balaban J connectivity index is 2.40. The second-order valence-corrected chi connectivity index (χ2v) is 5.27. The molecule has 0 aromatic heterocycles. The summed E-state index contributed by atoms with van der Waals surface area (Å²) in [5.74, 6) is 0.233. The largest absolute Gasteiger partial charge is 0.493 e. The Labute approximate surface area is 125 Å². The number of nitrogens with zero attached hydrogens (tertiary/aromatic N) is 1. The van der Waals surface area contributed by atoms with Crippen LogP contribution in [0.25, 0.3) is 0 Å². The summed E-state index contributed by atoms with van der Waals surface area (Å²) in [4.78, 5) is 13.9. The molecule has 1 aliphatic rings. The molecule has 116 valence electrons. The number of benzene rings is 1. The van der Waals surface area contributed by atoms with Crippen molar-refractivity contribution < 1.29 is 19.4 Å². The van der Waals surface area contributed by atoms with Crippen molar-refractivity contribution in [1.29, 1.82) is 0 Å². The molecule has 1 fully saturated rings. The standard InChI is InChI=1S/C16H23NO4/c1-20-13-9-7-8-12(15(13)21-2)14(16(18)19)17-10-5-3-4-6-11-17/h7-9,14H,3-6,10-11H2,1-2H3,(H,18,19). The third-order valence-electron chi connectivity index (χ3n) is 3.97. The Morgan fingerprint density at radius 3 is 2.33 bits per heavy atom. The van der Waals surface area contributed by atoms with Gasteiger partial charge in [0.25, 0.3) is 0 Å². The summed E-state index contributed by atoms with van der Waals surface area (Å²) in [6.45, 7) is 1.61. The van der Waals surface area contributed by atoms with Crippen LogP contribution >= 0.6 is 0 Å². The summed E-state index contributed by atoms with van der Waals surface area (Å²) < 4.78 is 10.7. The minimum absolute atomic E-state index is 0.511. The van der Waals surface area contributed by atoms with Crippen molar-refractivity contribution in [2.24, 2.45) is 0 Å². The highest BCUT2D eigenvalue weighted by molar-refractivity contribution is 5.77. The van der Waals surface area contributed by atoms with E-state index in [1.165, 1.54) is 0 Å². The Kier molecular flexibility index (Phi) is 5.44. The van der Waals surface area contributed by atoms with Gasteiger partial charge in [0.05, 0.1) is 14.2 Å². The highest BCUT2D eigenvalue weighted by Gasteiger charge is 2.31. The van der Waals surface area contributed by atoms with E-state index in [-0.39, 0.29) is 0 Å². The summed E-state index contributed by atoms with van der Waals surface area (Å²) >= 11 is 0. The number of methoxy groups -OCH3 is 2. The first kappa shape index (κ1) is 15.6. The highest BCUT2D eigenvalue weighted by Crippen LogP contribution is 2.37. The van der Waals surface area contributed by atoms with E-state index in [0.717, 1.165) is 38.8 Å². The van der Waals surface area contributed by atoms with Crippen molar-refractivity contribution in [3.8, 4) is 11.5 Å². The van der Waals surface area contributed by atoms with E-state index in [9.17, 15) is 9.90 Å². The second kappa shape index (κ2) is 7.31. The van der Waals surface area contributed by atoms with Gasteiger partial charge in [0.15, 0.2) is 11.5 Å². The number of carbonyl (C=O) groups is 1. The van der Waals surface area contributed by atoms with Gasteiger partial charge in [-0.05, 0) is 32.0 Å². The van der Waals surface area contributed by atoms with E-state index < -0.39 is 12.0 Å². The fourth-order valence-electron chi connectivity index (χ4n) is 2.97. The Hall–Kier alpha value is -1.75. The van der Waals surface area contributed by atoms with Crippen LogP contribution in [-0.2, 0) is 4.79 Å². The van der Waals surface area contributed by atoms with E-state index >= 15 is 0 Å². The molecule has 1 heterocycles. The van der Waals surface area contributed by atoms with Crippen molar-refractivity contribution in [2.75, 3.05) is 27.3 Å². The molecule has 0 aliphatic carbocycles. The molecule has 1 aliphatic heterocycles. The monoisotopic (exact) mass is 293 g/mol. The Morgan fingerprint density at radius 2 is 1.81 bits per heavy atom. The van der Waals surface area contributed by atoms with Gasteiger partial charge in [-0.25, -0.2) is 0 Å². The van der Waals surface area contributed by atoms with Crippen LogP contribution in [0, 0.1) is 0 Å². The van der Waals surface area contributed by atoms with Gasteiger partial charge in [0.1, 0.15) is 6.04 Å². The quantitative estimate of drug-likeness (QED) is 0.904. The maximum atomic E-state index is 11.8. The number of rotatable bonds is 5. The van der Waals surface area contributed by atoms with Crippen LogP contribution in [0.5, 0.6) is 11.5 Å². The number of ether oxygens (including phenoxy) is 2. The molecule has 1 aromatic carbocycles. The number of para-hydroxylation sites is 1. The first-order valence-electron chi connectivity index (χ1n) is 7.36.